The van der Waals surface area contributed by atoms with Gasteiger partial charge in [0.2, 0.25) is 11.3 Å². The molecule has 2 aliphatic heterocycles. The number of anilines is 3. The summed E-state index contributed by atoms with van der Waals surface area (Å²) in [4.78, 5) is 63.1. The summed E-state index contributed by atoms with van der Waals surface area (Å²) in [7, 11) is 0. The summed E-state index contributed by atoms with van der Waals surface area (Å²) in [6.07, 6.45) is -1.71. The molecule has 2 aliphatic rings. The summed E-state index contributed by atoms with van der Waals surface area (Å²) in [5.41, 5.74) is -0.460. The zero-order chi connectivity index (χ0) is 35.9. The quantitative estimate of drug-likeness (QED) is 0.257. The van der Waals surface area contributed by atoms with Crippen LogP contribution in [0.25, 0.3) is 11.2 Å². The van der Waals surface area contributed by atoms with Gasteiger partial charge < -0.3 is 34.8 Å². The van der Waals surface area contributed by atoms with Crippen molar-refractivity contribution >= 4 is 51.8 Å². The molecular formula is C32H33ClF3N9O5. The number of β-amino-alcohol motifs (C(OH)–C–C–N with tert-alkyl or cyclic N) is 1. The lowest BCUT2D eigenvalue weighted by atomic mass is 10.1. The number of pyridine rings is 1. The number of nitrogens with zero attached hydrogens (tertiary/aromatic N) is 8. The molecule has 5 heterocycles. The Kier molecular flexibility index (Phi) is 9.54. The second-order valence-electron chi connectivity index (χ2n) is 12.0. The van der Waals surface area contributed by atoms with E-state index in [9.17, 15) is 37.8 Å². The van der Waals surface area contributed by atoms with Gasteiger partial charge in [-0.3, -0.25) is 14.4 Å². The number of rotatable bonds is 7. The molecule has 0 unspecified atom stereocenters. The third-order valence-corrected chi connectivity index (χ3v) is 9.12. The molecule has 2 fully saturated rings. The average Bonchev–Trinajstić information content (AvgIpc) is 3.53. The predicted molar refractivity (Wildman–Crippen MR) is 178 cm³/mol. The van der Waals surface area contributed by atoms with E-state index in [4.69, 9.17) is 11.6 Å². The molecule has 4 aromatic rings. The minimum atomic E-state index is -4.62. The van der Waals surface area contributed by atoms with Crippen molar-refractivity contribution in [2.24, 2.45) is 0 Å². The Bertz CT molecular complexity index is 2040. The molecule has 3 N–H and O–H groups in total. The first kappa shape index (κ1) is 34.8. The van der Waals surface area contributed by atoms with E-state index >= 15 is 0 Å². The van der Waals surface area contributed by atoms with Gasteiger partial charge in [-0.1, -0.05) is 18.5 Å². The summed E-state index contributed by atoms with van der Waals surface area (Å²) in [6, 6.07) is 2.60. The number of benzene rings is 1. The Labute approximate surface area is 288 Å². The summed E-state index contributed by atoms with van der Waals surface area (Å²) < 4.78 is 41.1. The van der Waals surface area contributed by atoms with Crippen LogP contribution in [0.15, 0.2) is 35.5 Å². The fourth-order valence-electron chi connectivity index (χ4n) is 6.21. The summed E-state index contributed by atoms with van der Waals surface area (Å²) in [5, 5.41) is 22.7. The molecule has 14 nitrogen and oxygen atoms in total. The SMILES string of the molecule is CCc1c(N2CCN(C(=O)c3ncnc(C)c3O)CC2)c(=O)c2nc(N3CC[C@@H](O)C3)cnc2n1CC(=O)Nc1ccc(C(F)(F)F)cc1Cl. The number of halogens is 4. The van der Waals surface area contributed by atoms with Crippen LogP contribution in [0.3, 0.4) is 0 Å². The number of nitrogens with one attached hydrogen (secondary N) is 1. The third kappa shape index (κ3) is 6.74. The van der Waals surface area contributed by atoms with Gasteiger partial charge in [0.1, 0.15) is 24.4 Å². The van der Waals surface area contributed by atoms with Crippen LogP contribution >= 0.6 is 11.6 Å². The molecule has 3 aromatic heterocycles. The van der Waals surface area contributed by atoms with Gasteiger partial charge in [0.15, 0.2) is 22.6 Å². The van der Waals surface area contributed by atoms with Crippen LogP contribution in [0.1, 0.15) is 40.8 Å². The number of carbonyl (C=O) groups excluding carboxylic acids is 2. The second-order valence-corrected chi connectivity index (χ2v) is 12.4. The molecule has 0 spiro atoms. The van der Waals surface area contributed by atoms with Crippen LogP contribution in [0.5, 0.6) is 5.75 Å². The number of carbonyl (C=O) groups is 2. The van der Waals surface area contributed by atoms with E-state index in [1.165, 1.54) is 17.4 Å². The lowest BCUT2D eigenvalue weighted by Crippen LogP contribution is -2.50. The Morgan fingerprint density at radius 2 is 1.82 bits per heavy atom. The first-order chi connectivity index (χ1) is 23.8. The monoisotopic (exact) mass is 715 g/mol. The highest BCUT2D eigenvalue weighted by Crippen LogP contribution is 2.34. The van der Waals surface area contributed by atoms with Crippen molar-refractivity contribution in [1.82, 2.24) is 29.4 Å². The van der Waals surface area contributed by atoms with Crippen LogP contribution in [0.4, 0.5) is 30.4 Å². The van der Waals surface area contributed by atoms with Crippen molar-refractivity contribution in [3.05, 3.63) is 68.6 Å². The minimum Gasteiger partial charge on any atom is -0.504 e. The van der Waals surface area contributed by atoms with Gasteiger partial charge in [0.05, 0.1) is 34.3 Å². The van der Waals surface area contributed by atoms with Crippen LogP contribution < -0.4 is 20.5 Å². The number of aliphatic hydroxyl groups is 1. The topological polar surface area (TPSA) is 170 Å². The first-order valence-electron chi connectivity index (χ1n) is 15.8. The molecule has 0 bridgehead atoms. The van der Waals surface area contributed by atoms with Gasteiger partial charge in [0.25, 0.3) is 5.91 Å². The molecule has 2 saturated heterocycles. The standard InChI is InChI=1S/C32H33ClF3N9O5/c1-3-22-27(42-8-10-43(11-9-42)31(50)26-28(48)17(2)38-16-39-26)29(49)25-30(37-13-23(41-25)44-7-6-19(46)14-44)45(22)15-24(47)40-21-5-4-18(12-20(21)33)32(34,35)36/h4-5,12-13,16,19,46,48H,3,6-11,14-15H2,1-2H3,(H,40,47)/t19-/m1/s1. The maximum atomic E-state index is 14.3. The molecule has 2 amide bonds. The zero-order valence-corrected chi connectivity index (χ0v) is 27.8. The normalized spacial score (nSPS) is 16.7. The van der Waals surface area contributed by atoms with Gasteiger partial charge >= 0.3 is 6.18 Å². The number of hydrogen-bond donors (Lipinski definition) is 3. The van der Waals surface area contributed by atoms with E-state index in [-0.39, 0.29) is 83.8 Å². The van der Waals surface area contributed by atoms with E-state index in [0.717, 1.165) is 18.2 Å². The number of aromatic nitrogens is 5. The van der Waals surface area contributed by atoms with Crippen molar-refractivity contribution in [1.29, 1.82) is 0 Å². The number of aromatic hydroxyl groups is 1. The molecule has 6 rings (SSSR count). The number of aryl methyl sites for hydroxylation is 1. The number of hydrogen-bond acceptors (Lipinski definition) is 11. The van der Waals surface area contributed by atoms with Crippen molar-refractivity contribution in [2.75, 3.05) is 54.4 Å². The van der Waals surface area contributed by atoms with Crippen molar-refractivity contribution < 1.29 is 33.0 Å². The highest BCUT2D eigenvalue weighted by atomic mass is 35.5. The number of piperazine rings is 1. The number of amides is 2. The van der Waals surface area contributed by atoms with E-state index in [1.54, 1.807) is 18.4 Å². The van der Waals surface area contributed by atoms with Crippen LogP contribution in [-0.4, -0.2) is 96.8 Å². The third-order valence-electron chi connectivity index (χ3n) is 8.81. The smallest absolute Gasteiger partial charge is 0.416 e. The van der Waals surface area contributed by atoms with E-state index in [1.807, 2.05) is 9.80 Å². The number of aliphatic hydroxyl groups excluding tert-OH is 1. The average molecular weight is 716 g/mol. The number of alkyl halides is 3. The summed E-state index contributed by atoms with van der Waals surface area (Å²) in [5.74, 6) is -1.05. The lowest BCUT2D eigenvalue weighted by molar-refractivity contribution is -0.137. The van der Waals surface area contributed by atoms with Gasteiger partial charge in [-0.2, -0.15) is 13.2 Å². The Morgan fingerprint density at radius 1 is 1.08 bits per heavy atom. The molecule has 0 radical (unpaired) electrons. The van der Waals surface area contributed by atoms with Crippen LogP contribution in [0.2, 0.25) is 5.02 Å². The molecule has 1 atom stereocenters. The second kappa shape index (κ2) is 13.7. The molecule has 264 valence electrons. The Balaban J connectivity index is 1.35. The van der Waals surface area contributed by atoms with Crippen molar-refractivity contribution in [3.8, 4) is 5.75 Å². The zero-order valence-electron chi connectivity index (χ0n) is 27.0. The minimum absolute atomic E-state index is 0.0173. The Morgan fingerprint density at radius 3 is 2.46 bits per heavy atom. The first-order valence-corrected chi connectivity index (χ1v) is 16.2. The molecule has 0 saturated carbocycles. The largest absolute Gasteiger partial charge is 0.504 e. The molecule has 0 aliphatic carbocycles. The van der Waals surface area contributed by atoms with Gasteiger partial charge in [0, 0.05) is 45.0 Å². The fraction of sp³-hybridized carbons (Fsp3) is 0.406. The molecular weight excluding hydrogens is 683 g/mol. The summed E-state index contributed by atoms with van der Waals surface area (Å²) in [6.45, 7) is 4.61. The number of fused-ring (bicyclic) bond motifs is 1. The predicted octanol–water partition coefficient (Wildman–Crippen LogP) is 3.00. The van der Waals surface area contributed by atoms with Crippen molar-refractivity contribution in [2.45, 2.75) is 45.5 Å². The van der Waals surface area contributed by atoms with E-state index in [0.29, 0.717) is 31.0 Å². The van der Waals surface area contributed by atoms with E-state index < -0.39 is 35.1 Å². The Hall–Kier alpha value is -5.03. The lowest BCUT2D eigenvalue weighted by Gasteiger charge is -2.37. The van der Waals surface area contributed by atoms with Crippen LogP contribution in [-0.2, 0) is 23.9 Å². The maximum absolute atomic E-state index is 14.3. The molecule has 50 heavy (non-hydrogen) atoms. The van der Waals surface area contributed by atoms with Gasteiger partial charge in [-0.05, 0) is 38.0 Å². The highest BCUT2D eigenvalue weighted by molar-refractivity contribution is 6.33. The van der Waals surface area contributed by atoms with Crippen molar-refractivity contribution in [3.63, 3.8) is 0 Å². The van der Waals surface area contributed by atoms with E-state index in [2.05, 4.69) is 25.3 Å². The fourth-order valence-corrected chi connectivity index (χ4v) is 6.44. The summed E-state index contributed by atoms with van der Waals surface area (Å²) >= 11 is 6.10. The van der Waals surface area contributed by atoms with Gasteiger partial charge in [-0.25, -0.2) is 19.9 Å². The van der Waals surface area contributed by atoms with Gasteiger partial charge in [-0.15, -0.1) is 0 Å². The molecule has 1 aromatic carbocycles. The maximum Gasteiger partial charge on any atom is 0.416 e. The highest BCUT2D eigenvalue weighted by Gasteiger charge is 2.32. The van der Waals surface area contributed by atoms with Crippen LogP contribution in [0, 0.1) is 6.92 Å². The molecule has 18 heteroatoms.